The highest BCUT2D eigenvalue weighted by Gasteiger charge is 2.10. The van der Waals surface area contributed by atoms with Crippen LogP contribution in [0.4, 0.5) is 0 Å². The van der Waals surface area contributed by atoms with Crippen LogP contribution in [0.2, 0.25) is 0 Å². The van der Waals surface area contributed by atoms with Gasteiger partial charge in [0.2, 0.25) is 0 Å². The molecule has 0 saturated carbocycles. The Morgan fingerprint density at radius 3 is 2.00 bits per heavy atom. The van der Waals surface area contributed by atoms with Crippen molar-refractivity contribution in [1.29, 1.82) is 0 Å². The quantitative estimate of drug-likeness (QED) is 0.821. The maximum Gasteiger partial charge on any atom is 0.0916 e. The molecule has 1 aromatic carbocycles. The Morgan fingerprint density at radius 1 is 1.13 bits per heavy atom. The van der Waals surface area contributed by atoms with Gasteiger partial charge in [0.1, 0.15) is 0 Å². The molecule has 2 nitrogen and oxygen atoms in total. The van der Waals surface area contributed by atoms with Crippen LogP contribution >= 0.6 is 0 Å². The first-order valence-electron chi connectivity index (χ1n) is 5.32. The van der Waals surface area contributed by atoms with E-state index >= 15 is 0 Å². The lowest BCUT2D eigenvalue weighted by Crippen LogP contribution is -2.20. The van der Waals surface area contributed by atoms with Gasteiger partial charge < -0.3 is 10.0 Å². The van der Waals surface area contributed by atoms with Crippen molar-refractivity contribution in [2.45, 2.75) is 26.9 Å². The molecular weight excluding hydrogens is 186 g/mol. The Labute approximate surface area is 92.5 Å². The average molecular weight is 207 g/mol. The predicted octanol–water partition coefficient (Wildman–Crippen LogP) is 2.21. The van der Waals surface area contributed by atoms with Crippen molar-refractivity contribution in [3.05, 3.63) is 34.4 Å². The van der Waals surface area contributed by atoms with Crippen LogP contribution in [0.3, 0.4) is 0 Å². The number of aryl methyl sites for hydroxylation is 2. The molecule has 1 aromatic rings. The molecule has 1 rings (SSSR count). The van der Waals surface area contributed by atoms with Gasteiger partial charge in [-0.15, -0.1) is 0 Å². The maximum absolute atomic E-state index is 9.99. The molecule has 0 unspecified atom stereocenters. The molecule has 0 radical (unpaired) electrons. The minimum atomic E-state index is -0.391. The number of hydrogen-bond donors (Lipinski definition) is 1. The van der Waals surface area contributed by atoms with Crippen LogP contribution in [0.25, 0.3) is 0 Å². The van der Waals surface area contributed by atoms with Gasteiger partial charge in [0.25, 0.3) is 0 Å². The summed E-state index contributed by atoms with van der Waals surface area (Å²) in [4.78, 5) is 2.00. The van der Waals surface area contributed by atoms with E-state index in [9.17, 15) is 5.11 Å². The number of benzene rings is 1. The van der Waals surface area contributed by atoms with Crippen LogP contribution in [0, 0.1) is 20.8 Å². The van der Waals surface area contributed by atoms with Crippen molar-refractivity contribution in [2.24, 2.45) is 0 Å². The summed E-state index contributed by atoms with van der Waals surface area (Å²) in [6.07, 6.45) is -0.391. The van der Waals surface area contributed by atoms with Gasteiger partial charge in [0, 0.05) is 6.54 Å². The third-order valence-corrected chi connectivity index (χ3v) is 2.87. The topological polar surface area (TPSA) is 23.5 Å². The standard InChI is InChI=1S/C13H21NO/c1-9-6-12(7-10(2)11(9)3)13(15)8-14(4)5/h6-7,13,15H,8H2,1-5H3/t13-/m1/s1. The van der Waals surface area contributed by atoms with Gasteiger partial charge in [-0.05, 0) is 57.1 Å². The van der Waals surface area contributed by atoms with E-state index in [0.717, 1.165) is 5.56 Å². The molecule has 0 heterocycles. The zero-order chi connectivity index (χ0) is 11.6. The van der Waals surface area contributed by atoms with Crippen LogP contribution in [-0.4, -0.2) is 30.6 Å². The molecule has 84 valence electrons. The number of aliphatic hydroxyl groups excluding tert-OH is 1. The fraction of sp³-hybridized carbons (Fsp3) is 0.538. The molecule has 0 bridgehead atoms. The van der Waals surface area contributed by atoms with E-state index < -0.39 is 6.10 Å². The Balaban J connectivity index is 2.95. The van der Waals surface area contributed by atoms with E-state index in [-0.39, 0.29) is 0 Å². The van der Waals surface area contributed by atoms with Gasteiger partial charge >= 0.3 is 0 Å². The molecule has 2 heteroatoms. The van der Waals surface area contributed by atoms with E-state index in [1.165, 1.54) is 16.7 Å². The zero-order valence-corrected chi connectivity index (χ0v) is 10.3. The molecule has 1 N–H and O–H groups in total. The van der Waals surface area contributed by atoms with Crippen LogP contribution in [0.1, 0.15) is 28.4 Å². The van der Waals surface area contributed by atoms with Gasteiger partial charge in [-0.1, -0.05) is 12.1 Å². The van der Waals surface area contributed by atoms with Crippen molar-refractivity contribution < 1.29 is 5.11 Å². The van der Waals surface area contributed by atoms with Crippen molar-refractivity contribution in [3.63, 3.8) is 0 Å². The van der Waals surface area contributed by atoms with Crippen molar-refractivity contribution in [1.82, 2.24) is 4.90 Å². The minimum Gasteiger partial charge on any atom is -0.387 e. The first-order chi connectivity index (χ1) is 6.91. The molecule has 0 aliphatic rings. The lowest BCUT2D eigenvalue weighted by atomic mass is 9.98. The van der Waals surface area contributed by atoms with Crippen LogP contribution in [0.15, 0.2) is 12.1 Å². The number of hydrogen-bond acceptors (Lipinski definition) is 2. The van der Waals surface area contributed by atoms with Gasteiger partial charge in [0.05, 0.1) is 6.10 Å². The SMILES string of the molecule is Cc1cc([C@H](O)CN(C)C)cc(C)c1C. The van der Waals surface area contributed by atoms with Gasteiger partial charge in [0.15, 0.2) is 0 Å². The molecule has 0 amide bonds. The molecule has 0 aromatic heterocycles. The van der Waals surface area contributed by atoms with Crippen LogP contribution < -0.4 is 0 Å². The lowest BCUT2D eigenvalue weighted by Gasteiger charge is -2.18. The third kappa shape index (κ3) is 3.05. The van der Waals surface area contributed by atoms with E-state index in [4.69, 9.17) is 0 Å². The number of likely N-dealkylation sites (N-methyl/N-ethyl adjacent to an activating group) is 1. The second-order valence-corrected chi connectivity index (χ2v) is 4.56. The largest absolute Gasteiger partial charge is 0.387 e. The first kappa shape index (κ1) is 12.2. The summed E-state index contributed by atoms with van der Waals surface area (Å²) in [6, 6.07) is 4.16. The molecule has 0 spiro atoms. The Hall–Kier alpha value is -0.860. The molecule has 1 atom stereocenters. The zero-order valence-electron chi connectivity index (χ0n) is 10.3. The average Bonchev–Trinajstić information content (AvgIpc) is 2.12. The van der Waals surface area contributed by atoms with Crippen molar-refractivity contribution >= 4 is 0 Å². The van der Waals surface area contributed by atoms with Crippen LogP contribution in [0.5, 0.6) is 0 Å². The molecule has 0 fully saturated rings. The molecule has 0 saturated heterocycles. The molecule has 0 aliphatic heterocycles. The lowest BCUT2D eigenvalue weighted by molar-refractivity contribution is 0.138. The summed E-state index contributed by atoms with van der Waals surface area (Å²) in [5.74, 6) is 0. The second kappa shape index (κ2) is 4.77. The highest BCUT2D eigenvalue weighted by molar-refractivity contribution is 5.37. The smallest absolute Gasteiger partial charge is 0.0916 e. The predicted molar refractivity (Wildman–Crippen MR) is 64.2 cm³/mol. The monoisotopic (exact) mass is 207 g/mol. The van der Waals surface area contributed by atoms with E-state index in [1.807, 2.05) is 19.0 Å². The highest BCUT2D eigenvalue weighted by atomic mass is 16.3. The summed E-state index contributed by atoms with van der Waals surface area (Å²) in [5, 5.41) is 9.99. The number of rotatable bonds is 3. The maximum atomic E-state index is 9.99. The van der Waals surface area contributed by atoms with E-state index in [1.54, 1.807) is 0 Å². The summed E-state index contributed by atoms with van der Waals surface area (Å²) >= 11 is 0. The van der Waals surface area contributed by atoms with Crippen LogP contribution in [-0.2, 0) is 0 Å². The third-order valence-electron chi connectivity index (χ3n) is 2.87. The molecule has 0 aliphatic carbocycles. The van der Waals surface area contributed by atoms with E-state index in [0.29, 0.717) is 6.54 Å². The highest BCUT2D eigenvalue weighted by Crippen LogP contribution is 2.20. The Bertz CT molecular complexity index is 321. The summed E-state index contributed by atoms with van der Waals surface area (Å²) in [7, 11) is 3.94. The fourth-order valence-electron chi connectivity index (χ4n) is 1.71. The van der Waals surface area contributed by atoms with Gasteiger partial charge in [-0.25, -0.2) is 0 Å². The Kier molecular flexibility index (Phi) is 3.89. The molecule has 15 heavy (non-hydrogen) atoms. The summed E-state index contributed by atoms with van der Waals surface area (Å²) in [5.41, 5.74) is 4.84. The van der Waals surface area contributed by atoms with Crippen molar-refractivity contribution in [2.75, 3.05) is 20.6 Å². The number of aliphatic hydroxyl groups is 1. The normalized spacial score (nSPS) is 13.3. The second-order valence-electron chi connectivity index (χ2n) is 4.56. The van der Waals surface area contributed by atoms with E-state index in [2.05, 4.69) is 32.9 Å². The van der Waals surface area contributed by atoms with Crippen molar-refractivity contribution in [3.8, 4) is 0 Å². The number of nitrogens with zero attached hydrogens (tertiary/aromatic N) is 1. The fourth-order valence-corrected chi connectivity index (χ4v) is 1.71. The first-order valence-corrected chi connectivity index (χ1v) is 5.32. The summed E-state index contributed by atoms with van der Waals surface area (Å²) < 4.78 is 0. The minimum absolute atomic E-state index is 0.391. The van der Waals surface area contributed by atoms with Gasteiger partial charge in [-0.2, -0.15) is 0 Å². The van der Waals surface area contributed by atoms with Gasteiger partial charge in [-0.3, -0.25) is 0 Å². The molecular formula is C13H21NO. The summed E-state index contributed by atoms with van der Waals surface area (Å²) in [6.45, 7) is 6.97. The Morgan fingerprint density at radius 2 is 1.60 bits per heavy atom.